The third-order valence-electron chi connectivity index (χ3n) is 13.4. The molecule has 2 saturated heterocycles. The number of hydrogen-bond donors (Lipinski definition) is 3. The molecule has 318 valence electrons. The van der Waals surface area contributed by atoms with Crippen molar-refractivity contribution in [2.24, 2.45) is 16.2 Å². The largest absolute Gasteiger partial charge is 0.455 e. The van der Waals surface area contributed by atoms with E-state index in [9.17, 15) is 23.3 Å². The van der Waals surface area contributed by atoms with Gasteiger partial charge in [-0.05, 0) is 98.2 Å². The normalized spacial score (nSPS) is 25.7. The number of nitro groups is 1. The maximum absolute atomic E-state index is 13.9. The predicted molar refractivity (Wildman–Crippen MR) is 229 cm³/mol. The van der Waals surface area contributed by atoms with Crippen molar-refractivity contribution >= 4 is 44.0 Å². The number of hydrogen-bond acceptors (Lipinski definition) is 12. The van der Waals surface area contributed by atoms with Gasteiger partial charge in [-0.1, -0.05) is 31.9 Å². The van der Waals surface area contributed by atoms with Gasteiger partial charge in [0.05, 0.1) is 28.2 Å². The summed E-state index contributed by atoms with van der Waals surface area (Å²) in [4.78, 5) is 39.3. The van der Waals surface area contributed by atoms with Gasteiger partial charge in [0.2, 0.25) is 0 Å². The number of likely N-dealkylation sites (N-methyl/N-ethyl adjacent to an activating group) is 1. The number of H-pyrrole nitrogens is 1. The molecule has 6 aliphatic rings. The molecule has 4 aromatic rings. The highest BCUT2D eigenvalue weighted by Gasteiger charge is 2.66. The molecular formula is C44H54N8O7S. The Morgan fingerprint density at radius 1 is 1.05 bits per heavy atom. The molecule has 0 spiro atoms. The number of anilines is 2. The number of nitrogens with one attached hydrogen (secondary N) is 3. The van der Waals surface area contributed by atoms with Crippen LogP contribution in [0.4, 0.5) is 17.1 Å². The first kappa shape index (κ1) is 40.4. The molecule has 4 aliphatic carbocycles. The zero-order chi connectivity index (χ0) is 42.0. The number of aromatic nitrogens is 2. The molecule has 5 fully saturated rings. The highest BCUT2D eigenvalue weighted by molar-refractivity contribution is 7.90. The maximum Gasteiger partial charge on any atom is 0.293 e. The summed E-state index contributed by atoms with van der Waals surface area (Å²) in [5.74, 6) is -0.433. The summed E-state index contributed by atoms with van der Waals surface area (Å²) in [6, 6.07) is 12.2. The first-order valence-corrected chi connectivity index (χ1v) is 22.4. The van der Waals surface area contributed by atoms with Crippen LogP contribution in [0.5, 0.6) is 11.5 Å². The van der Waals surface area contributed by atoms with Gasteiger partial charge in [0, 0.05) is 75.2 Å². The van der Waals surface area contributed by atoms with Crippen LogP contribution >= 0.6 is 0 Å². The highest BCUT2D eigenvalue weighted by Crippen LogP contribution is 2.77. The summed E-state index contributed by atoms with van der Waals surface area (Å²) in [6.07, 6.45) is 10.5. The van der Waals surface area contributed by atoms with E-state index in [1.807, 2.05) is 18.0 Å². The van der Waals surface area contributed by atoms with Gasteiger partial charge in [0.1, 0.15) is 29.1 Å². The van der Waals surface area contributed by atoms with Gasteiger partial charge in [0.15, 0.2) is 0 Å². The van der Waals surface area contributed by atoms with E-state index in [0.29, 0.717) is 40.8 Å². The third kappa shape index (κ3) is 7.97. The Bertz CT molecular complexity index is 2470. The van der Waals surface area contributed by atoms with Gasteiger partial charge >= 0.3 is 0 Å². The van der Waals surface area contributed by atoms with Crippen molar-refractivity contribution < 1.29 is 27.6 Å². The summed E-state index contributed by atoms with van der Waals surface area (Å²) in [5, 5.41) is 15.9. The topological polar surface area (TPSA) is 175 Å². The fourth-order valence-corrected chi connectivity index (χ4v) is 11.4. The van der Waals surface area contributed by atoms with Gasteiger partial charge in [-0.25, -0.2) is 18.1 Å². The Labute approximate surface area is 350 Å². The molecule has 2 aliphatic heterocycles. The zero-order valence-corrected chi connectivity index (χ0v) is 35.6. The van der Waals surface area contributed by atoms with Crippen LogP contribution in [-0.2, 0) is 14.8 Å². The number of fused-ring (bicyclic) bond motifs is 1. The SMILES string of the molecule is CN1CCO[C@@H](Nc2ccc(S(=O)(=O)NC(=O)c3ccc(N4CCN(CC5=C(C67CC(C)(C6)C7)CC(C)(C)CC5)CC4)cc3Oc3cnc4[nH]ccc4c3)cc2[N+](=O)[O-])C1. The van der Waals surface area contributed by atoms with Crippen molar-refractivity contribution in [3.05, 3.63) is 87.7 Å². The standard InChI is InChI=1S/C44H54N8O7S/c1-42(2)11-9-30(35(22-42)44-26-43(3,27-44)28-44)24-50-13-15-51(16-14-50)31-5-7-34(38(20-31)59-32-19-29-10-12-45-40(29)46-23-32)41(53)48-60(56,57)33-6-8-36(37(21-33)52(54)55)47-39-25-49(4)17-18-58-39/h5-8,10,12,19-21,23,39,47H,9,11,13-18,22,24-28H2,1-4H3,(H,45,46)(H,48,53)/t39-,43?,44?/m1/s1. The average molecular weight is 839 g/mol. The molecule has 2 bridgehead atoms. The molecule has 10 rings (SSSR count). The summed E-state index contributed by atoms with van der Waals surface area (Å²) in [7, 11) is -2.65. The molecule has 15 nitrogen and oxygen atoms in total. The second-order valence-electron chi connectivity index (χ2n) is 18.8. The number of allylic oxidation sites excluding steroid dienone is 1. The van der Waals surface area contributed by atoms with E-state index < -0.39 is 37.7 Å². The fourth-order valence-electron chi connectivity index (χ4n) is 10.4. The van der Waals surface area contributed by atoms with Gasteiger partial charge in [-0.15, -0.1) is 0 Å². The Morgan fingerprint density at radius 2 is 1.83 bits per heavy atom. The Kier molecular flexibility index (Phi) is 10.2. The van der Waals surface area contributed by atoms with Crippen molar-refractivity contribution in [2.45, 2.75) is 70.4 Å². The number of rotatable bonds is 12. The van der Waals surface area contributed by atoms with E-state index in [4.69, 9.17) is 9.47 Å². The molecule has 60 heavy (non-hydrogen) atoms. The molecule has 2 aromatic carbocycles. The Hall–Kier alpha value is -5.03. The number of benzene rings is 2. The Morgan fingerprint density at radius 3 is 2.57 bits per heavy atom. The lowest BCUT2D eigenvalue weighted by Crippen LogP contribution is -2.61. The summed E-state index contributed by atoms with van der Waals surface area (Å²) < 4.78 is 41.5. The van der Waals surface area contributed by atoms with E-state index in [0.717, 1.165) is 56.4 Å². The number of carbonyl (C=O) groups excluding carboxylic acids is 1. The van der Waals surface area contributed by atoms with Crippen LogP contribution in [0.15, 0.2) is 77.0 Å². The number of morpholine rings is 1. The van der Waals surface area contributed by atoms with E-state index in [-0.39, 0.29) is 17.0 Å². The number of amides is 1. The first-order valence-electron chi connectivity index (χ1n) is 20.9. The molecule has 3 N–H and O–H groups in total. The van der Waals surface area contributed by atoms with Crippen molar-refractivity contribution in [3.63, 3.8) is 0 Å². The smallest absolute Gasteiger partial charge is 0.293 e. The molecule has 2 aromatic heterocycles. The zero-order valence-electron chi connectivity index (χ0n) is 34.8. The molecule has 1 amide bonds. The van der Waals surface area contributed by atoms with Crippen molar-refractivity contribution in [3.8, 4) is 11.5 Å². The number of nitrogens with zero attached hydrogens (tertiary/aromatic N) is 5. The van der Waals surface area contributed by atoms with E-state index >= 15 is 0 Å². The minimum Gasteiger partial charge on any atom is -0.455 e. The van der Waals surface area contributed by atoms with Crippen LogP contribution in [0.1, 0.15) is 69.7 Å². The molecule has 0 radical (unpaired) electrons. The van der Waals surface area contributed by atoms with Gasteiger partial charge in [-0.2, -0.15) is 0 Å². The average Bonchev–Trinajstić information content (AvgIpc) is 3.65. The lowest BCUT2D eigenvalue weighted by Gasteiger charge is -2.72. The van der Waals surface area contributed by atoms with Crippen LogP contribution < -0.4 is 19.7 Å². The third-order valence-corrected chi connectivity index (χ3v) is 14.7. The van der Waals surface area contributed by atoms with Gasteiger partial charge < -0.3 is 24.7 Å². The lowest BCUT2D eigenvalue weighted by atomic mass is 9.33. The quantitative estimate of drug-likeness (QED) is 0.0766. The van der Waals surface area contributed by atoms with Crippen molar-refractivity contribution in [1.29, 1.82) is 0 Å². The highest BCUT2D eigenvalue weighted by atomic mass is 32.2. The fraction of sp³-hybridized carbons (Fsp3) is 0.500. The number of aromatic amines is 1. The molecule has 0 unspecified atom stereocenters. The first-order chi connectivity index (χ1) is 28.6. The molecule has 3 saturated carbocycles. The maximum atomic E-state index is 13.9. The monoisotopic (exact) mass is 838 g/mol. The lowest BCUT2D eigenvalue weighted by molar-refractivity contribution is -0.384. The van der Waals surface area contributed by atoms with E-state index in [2.05, 4.69) is 50.6 Å². The summed E-state index contributed by atoms with van der Waals surface area (Å²) >= 11 is 0. The number of piperazine rings is 1. The molecule has 16 heteroatoms. The van der Waals surface area contributed by atoms with E-state index in [1.54, 1.807) is 41.6 Å². The van der Waals surface area contributed by atoms with Crippen LogP contribution in [-0.4, -0.2) is 105 Å². The molecule has 4 heterocycles. The van der Waals surface area contributed by atoms with Crippen LogP contribution in [0.3, 0.4) is 0 Å². The van der Waals surface area contributed by atoms with Crippen LogP contribution in [0.2, 0.25) is 0 Å². The number of pyridine rings is 1. The molecular weight excluding hydrogens is 785 g/mol. The molecule has 1 atom stereocenters. The second-order valence-corrected chi connectivity index (χ2v) is 20.5. The van der Waals surface area contributed by atoms with Gasteiger partial charge in [-0.3, -0.25) is 24.7 Å². The van der Waals surface area contributed by atoms with Crippen molar-refractivity contribution in [1.82, 2.24) is 24.5 Å². The number of sulfonamides is 1. The van der Waals surface area contributed by atoms with E-state index in [1.165, 1.54) is 56.9 Å². The number of nitro benzene ring substituents is 1. The minimum absolute atomic E-state index is 0.0244. The number of carbonyl (C=O) groups is 1. The summed E-state index contributed by atoms with van der Waals surface area (Å²) in [6.45, 7) is 13.3. The number of ether oxygens (including phenoxy) is 2. The minimum atomic E-state index is -4.56. The Balaban J connectivity index is 0.931. The summed E-state index contributed by atoms with van der Waals surface area (Å²) in [5.41, 5.74) is 5.94. The van der Waals surface area contributed by atoms with Crippen molar-refractivity contribution in [2.75, 3.05) is 69.7 Å². The second kappa shape index (κ2) is 15.2. The van der Waals surface area contributed by atoms with Crippen LogP contribution in [0, 0.1) is 26.4 Å². The predicted octanol–water partition coefficient (Wildman–Crippen LogP) is 6.90. The van der Waals surface area contributed by atoms with Gasteiger partial charge in [0.25, 0.3) is 21.6 Å². The van der Waals surface area contributed by atoms with Crippen LogP contribution in [0.25, 0.3) is 11.0 Å².